The summed E-state index contributed by atoms with van der Waals surface area (Å²) in [7, 11) is -0.901. The Morgan fingerprint density at radius 1 is 1.29 bits per heavy atom. The minimum Gasteiger partial charge on any atom is -0.347 e. The van der Waals surface area contributed by atoms with Crippen molar-refractivity contribution in [1.29, 1.82) is 0 Å². The molecule has 0 saturated heterocycles. The Hall–Kier alpha value is 0.137. The summed E-state index contributed by atoms with van der Waals surface area (Å²) in [5.74, 6) is 0. The summed E-state index contributed by atoms with van der Waals surface area (Å²) in [6.07, 6.45) is 8.05. The van der Waals surface area contributed by atoms with Gasteiger partial charge in [0.05, 0.1) is 0 Å². The summed E-state index contributed by atoms with van der Waals surface area (Å²) >= 11 is 0. The molecule has 0 radical (unpaired) electrons. The van der Waals surface area contributed by atoms with Gasteiger partial charge >= 0.3 is 0 Å². The van der Waals surface area contributed by atoms with Crippen molar-refractivity contribution in [2.24, 2.45) is 0 Å². The third-order valence-electron chi connectivity index (χ3n) is 2.81. The van der Waals surface area contributed by atoms with Crippen LogP contribution in [0.1, 0.15) is 45.4 Å². The molecule has 0 aromatic heterocycles. The zero-order chi connectivity index (χ0) is 10.4. The predicted octanol–water partition coefficient (Wildman–Crippen LogP) is 2.95. The van der Waals surface area contributed by atoms with Crippen molar-refractivity contribution in [2.75, 3.05) is 6.54 Å². The zero-order valence-electron chi connectivity index (χ0n) is 9.96. The summed E-state index contributed by atoms with van der Waals surface area (Å²) in [5.41, 5.74) is 0. The lowest BCUT2D eigenvalue weighted by Crippen LogP contribution is -2.37. The molecule has 0 amide bonds. The lowest BCUT2D eigenvalue weighted by molar-refractivity contribution is -0.0978. The van der Waals surface area contributed by atoms with Crippen LogP contribution in [0, 0.1) is 0 Å². The van der Waals surface area contributed by atoms with Crippen molar-refractivity contribution < 1.29 is 4.53 Å². The average molecular weight is 215 g/mol. The third-order valence-corrected chi connectivity index (χ3v) is 3.50. The summed E-state index contributed by atoms with van der Waals surface area (Å²) in [5, 5.41) is 2.31. The van der Waals surface area contributed by atoms with Gasteiger partial charge in [0.2, 0.25) is 0 Å². The molecule has 1 aliphatic rings. The molecule has 0 atom stereocenters. The van der Waals surface area contributed by atoms with Crippen LogP contribution in [0.3, 0.4) is 0 Å². The summed E-state index contributed by atoms with van der Waals surface area (Å²) < 4.78 is 6.01. The Balaban J connectivity index is 2.34. The van der Waals surface area contributed by atoms with Crippen LogP contribution in [0.5, 0.6) is 0 Å². The molecule has 0 heterocycles. The van der Waals surface area contributed by atoms with Gasteiger partial charge in [0, 0.05) is 12.6 Å². The highest BCUT2D eigenvalue weighted by atomic mass is 28.3. The molecule has 84 valence electrons. The quantitative estimate of drug-likeness (QED) is 0.499. The van der Waals surface area contributed by atoms with Crippen LogP contribution < -0.4 is 0 Å². The minimum absolute atomic E-state index is 0.733. The van der Waals surface area contributed by atoms with Gasteiger partial charge in [-0.25, -0.2) is 0 Å². The van der Waals surface area contributed by atoms with Gasteiger partial charge in [-0.05, 0) is 32.4 Å². The third kappa shape index (κ3) is 4.11. The van der Waals surface area contributed by atoms with Crippen molar-refractivity contribution in [2.45, 2.75) is 64.6 Å². The fraction of sp³-hybridized carbons (Fsp3) is 1.00. The van der Waals surface area contributed by atoms with E-state index in [4.69, 9.17) is 4.53 Å². The first-order chi connectivity index (χ1) is 6.74. The normalized spacial score (nSPS) is 18.6. The van der Waals surface area contributed by atoms with Gasteiger partial charge in [0.25, 0.3) is 0 Å². The van der Waals surface area contributed by atoms with Crippen molar-refractivity contribution in [3.05, 3.63) is 0 Å². The molecule has 0 N–H and O–H groups in total. The Bertz CT molecular complexity index is 146. The molecule has 1 rings (SSSR count). The van der Waals surface area contributed by atoms with Crippen molar-refractivity contribution in [1.82, 2.24) is 5.06 Å². The van der Waals surface area contributed by atoms with Crippen LogP contribution in [0.2, 0.25) is 13.1 Å². The van der Waals surface area contributed by atoms with E-state index >= 15 is 0 Å². The monoisotopic (exact) mass is 215 g/mol. The maximum absolute atomic E-state index is 6.01. The van der Waals surface area contributed by atoms with E-state index in [0.717, 1.165) is 12.6 Å². The molecule has 3 heteroatoms. The molecule has 1 fully saturated rings. The summed E-state index contributed by atoms with van der Waals surface area (Å²) in [4.78, 5) is 0. The molecule has 0 aliphatic heterocycles. The maximum Gasteiger partial charge on any atom is 0.199 e. The van der Waals surface area contributed by atoms with Gasteiger partial charge in [-0.2, -0.15) is 5.06 Å². The van der Waals surface area contributed by atoms with Gasteiger partial charge in [-0.15, -0.1) is 0 Å². The predicted molar refractivity (Wildman–Crippen MR) is 63.8 cm³/mol. The fourth-order valence-corrected chi connectivity index (χ4v) is 2.92. The van der Waals surface area contributed by atoms with E-state index in [1.807, 2.05) is 0 Å². The van der Waals surface area contributed by atoms with E-state index in [2.05, 4.69) is 25.1 Å². The SMILES string of the molecule is CCCCN(O[SiH](C)C)C1CCCC1. The van der Waals surface area contributed by atoms with Crippen molar-refractivity contribution >= 4 is 9.04 Å². The minimum atomic E-state index is -0.901. The molecule has 0 spiro atoms. The molecule has 0 bridgehead atoms. The second-order valence-electron chi connectivity index (χ2n) is 4.59. The van der Waals surface area contributed by atoms with E-state index < -0.39 is 9.04 Å². The molecular weight excluding hydrogens is 190 g/mol. The van der Waals surface area contributed by atoms with Crippen LogP contribution in [0.15, 0.2) is 0 Å². The standard InChI is InChI=1S/C11H25NOSi/c1-4-5-10-12(13-14(2)3)11-8-6-7-9-11/h11,14H,4-10H2,1-3H3. The second kappa shape index (κ2) is 6.59. The topological polar surface area (TPSA) is 12.5 Å². The summed E-state index contributed by atoms with van der Waals surface area (Å²) in [6.45, 7) is 7.91. The molecular formula is C11H25NOSi. The molecule has 1 aliphatic carbocycles. The Morgan fingerprint density at radius 2 is 1.93 bits per heavy atom. The van der Waals surface area contributed by atoms with Gasteiger partial charge in [0.15, 0.2) is 9.04 Å². The molecule has 0 unspecified atom stereocenters. The first-order valence-corrected chi connectivity index (χ1v) is 8.95. The molecule has 0 aromatic rings. The largest absolute Gasteiger partial charge is 0.347 e. The fourth-order valence-electron chi connectivity index (χ4n) is 2.10. The average Bonchev–Trinajstić information content (AvgIpc) is 2.64. The molecule has 14 heavy (non-hydrogen) atoms. The highest BCUT2D eigenvalue weighted by Crippen LogP contribution is 2.24. The lowest BCUT2D eigenvalue weighted by Gasteiger charge is -2.29. The maximum atomic E-state index is 6.01. The Labute approximate surface area is 90.3 Å². The smallest absolute Gasteiger partial charge is 0.199 e. The van der Waals surface area contributed by atoms with Crippen LogP contribution in [-0.2, 0) is 4.53 Å². The lowest BCUT2D eigenvalue weighted by atomic mass is 10.2. The van der Waals surface area contributed by atoms with Gasteiger partial charge in [0.1, 0.15) is 0 Å². The summed E-state index contributed by atoms with van der Waals surface area (Å²) in [6, 6.07) is 0.733. The highest BCUT2D eigenvalue weighted by Gasteiger charge is 2.23. The number of hydrogen-bond donors (Lipinski definition) is 0. The number of unbranched alkanes of at least 4 members (excludes halogenated alkanes) is 1. The van der Waals surface area contributed by atoms with Gasteiger partial charge < -0.3 is 4.53 Å². The van der Waals surface area contributed by atoms with Crippen LogP contribution >= 0.6 is 0 Å². The van der Waals surface area contributed by atoms with Crippen molar-refractivity contribution in [3.63, 3.8) is 0 Å². The number of nitrogens with zero attached hydrogens (tertiary/aromatic N) is 1. The van der Waals surface area contributed by atoms with Crippen LogP contribution in [-0.4, -0.2) is 26.7 Å². The van der Waals surface area contributed by atoms with Gasteiger partial charge in [-0.1, -0.05) is 26.2 Å². The first kappa shape index (κ1) is 12.2. The molecule has 2 nitrogen and oxygen atoms in total. The number of hydrogen-bond acceptors (Lipinski definition) is 2. The van der Waals surface area contributed by atoms with E-state index in [-0.39, 0.29) is 0 Å². The van der Waals surface area contributed by atoms with Crippen LogP contribution in [0.4, 0.5) is 0 Å². The molecule has 0 aromatic carbocycles. The zero-order valence-corrected chi connectivity index (χ0v) is 11.1. The van der Waals surface area contributed by atoms with Crippen LogP contribution in [0.25, 0.3) is 0 Å². The van der Waals surface area contributed by atoms with Gasteiger partial charge in [-0.3, -0.25) is 0 Å². The van der Waals surface area contributed by atoms with E-state index in [0.29, 0.717) is 0 Å². The number of rotatable bonds is 6. The number of hydroxylamine groups is 2. The Kier molecular flexibility index (Phi) is 5.75. The molecule has 1 saturated carbocycles. The van der Waals surface area contributed by atoms with E-state index in [9.17, 15) is 0 Å². The highest BCUT2D eigenvalue weighted by molar-refractivity contribution is 6.48. The van der Waals surface area contributed by atoms with E-state index in [1.165, 1.54) is 38.5 Å². The Morgan fingerprint density at radius 3 is 2.43 bits per heavy atom. The van der Waals surface area contributed by atoms with Crippen molar-refractivity contribution in [3.8, 4) is 0 Å². The first-order valence-electron chi connectivity index (χ1n) is 6.17. The van der Waals surface area contributed by atoms with E-state index in [1.54, 1.807) is 0 Å². The second-order valence-corrected chi connectivity index (χ2v) is 6.90.